The Morgan fingerprint density at radius 1 is 1.05 bits per heavy atom. The second-order valence-corrected chi connectivity index (χ2v) is 5.10. The molecule has 0 radical (unpaired) electrons. The molecular weight excluding hydrogens is 242 g/mol. The van der Waals surface area contributed by atoms with Crippen molar-refractivity contribution < 1.29 is 9.47 Å². The Bertz CT molecular complexity index is 431. The van der Waals surface area contributed by atoms with Crippen molar-refractivity contribution in [2.75, 3.05) is 46.4 Å². The molecule has 2 aliphatic rings. The summed E-state index contributed by atoms with van der Waals surface area (Å²) in [4.78, 5) is 2.35. The molecule has 5 heteroatoms. The van der Waals surface area contributed by atoms with Crippen LogP contribution < -0.4 is 14.9 Å². The Morgan fingerprint density at radius 3 is 2.58 bits per heavy atom. The molecular formula is C14H21N3O2. The number of benzene rings is 1. The van der Waals surface area contributed by atoms with Gasteiger partial charge in [-0.3, -0.25) is 5.43 Å². The molecule has 0 spiro atoms. The maximum Gasteiger partial charge on any atom is 0.161 e. The molecule has 2 heterocycles. The normalized spacial score (nSPS) is 20.5. The van der Waals surface area contributed by atoms with Crippen molar-refractivity contribution in [3.63, 3.8) is 0 Å². The highest BCUT2D eigenvalue weighted by atomic mass is 16.6. The predicted octanol–water partition coefficient (Wildman–Crippen LogP) is 0.710. The van der Waals surface area contributed by atoms with Crippen LogP contribution in [0.15, 0.2) is 18.2 Å². The Morgan fingerprint density at radius 2 is 1.79 bits per heavy atom. The molecule has 1 N–H and O–H groups in total. The smallest absolute Gasteiger partial charge is 0.161 e. The average Bonchev–Trinajstić information content (AvgIpc) is 2.46. The fraction of sp³-hybridized carbons (Fsp3) is 0.571. The summed E-state index contributed by atoms with van der Waals surface area (Å²) in [5.41, 5.74) is 4.70. The molecule has 3 rings (SSSR count). The lowest BCUT2D eigenvalue weighted by atomic mass is 10.2. The maximum absolute atomic E-state index is 5.60. The third kappa shape index (κ3) is 3.18. The number of fused-ring (bicyclic) bond motifs is 1. The molecule has 0 bridgehead atoms. The number of likely N-dealkylation sites (N-methyl/N-ethyl adjacent to an activating group) is 1. The maximum atomic E-state index is 5.60. The lowest BCUT2D eigenvalue weighted by molar-refractivity contribution is 0.102. The van der Waals surface area contributed by atoms with Crippen LogP contribution in [0.3, 0.4) is 0 Å². The van der Waals surface area contributed by atoms with E-state index in [2.05, 4.69) is 34.5 Å². The van der Waals surface area contributed by atoms with Crippen LogP contribution in [0.5, 0.6) is 11.5 Å². The standard InChI is InChI=1S/C14H21N3O2/c1-16-4-6-17(7-5-16)15-11-12-2-3-13-14(10-12)19-9-8-18-13/h2-3,10,15H,4-9,11H2,1H3. The van der Waals surface area contributed by atoms with Gasteiger partial charge in [-0.1, -0.05) is 6.07 Å². The van der Waals surface area contributed by atoms with Gasteiger partial charge in [0.2, 0.25) is 0 Å². The van der Waals surface area contributed by atoms with E-state index in [-0.39, 0.29) is 0 Å². The number of nitrogens with zero attached hydrogens (tertiary/aromatic N) is 2. The average molecular weight is 263 g/mol. The molecule has 0 atom stereocenters. The van der Waals surface area contributed by atoms with Crippen LogP contribution in [0.2, 0.25) is 0 Å². The highest BCUT2D eigenvalue weighted by Crippen LogP contribution is 2.30. The number of hydrogen-bond donors (Lipinski definition) is 1. The van der Waals surface area contributed by atoms with Crippen molar-refractivity contribution in [2.45, 2.75) is 6.54 Å². The first-order valence-corrected chi connectivity index (χ1v) is 6.87. The van der Waals surface area contributed by atoms with E-state index in [0.717, 1.165) is 44.2 Å². The summed E-state index contributed by atoms with van der Waals surface area (Å²) in [5, 5.41) is 2.29. The predicted molar refractivity (Wildman–Crippen MR) is 73.3 cm³/mol. The van der Waals surface area contributed by atoms with E-state index in [1.807, 2.05) is 6.07 Å². The molecule has 19 heavy (non-hydrogen) atoms. The van der Waals surface area contributed by atoms with Crippen molar-refractivity contribution in [1.29, 1.82) is 0 Å². The molecule has 2 aliphatic heterocycles. The van der Waals surface area contributed by atoms with Crippen LogP contribution in [0.25, 0.3) is 0 Å². The van der Waals surface area contributed by atoms with Crippen molar-refractivity contribution in [3.05, 3.63) is 23.8 Å². The van der Waals surface area contributed by atoms with Crippen LogP contribution in [0, 0.1) is 0 Å². The van der Waals surface area contributed by atoms with E-state index in [1.54, 1.807) is 0 Å². The van der Waals surface area contributed by atoms with Crippen molar-refractivity contribution in [2.24, 2.45) is 0 Å². The van der Waals surface area contributed by atoms with Crippen LogP contribution in [0.1, 0.15) is 5.56 Å². The minimum absolute atomic E-state index is 0.641. The van der Waals surface area contributed by atoms with Crippen molar-refractivity contribution in [3.8, 4) is 11.5 Å². The van der Waals surface area contributed by atoms with Crippen LogP contribution >= 0.6 is 0 Å². The number of nitrogens with one attached hydrogen (secondary N) is 1. The lowest BCUT2D eigenvalue weighted by Gasteiger charge is -2.32. The van der Waals surface area contributed by atoms with Gasteiger partial charge < -0.3 is 14.4 Å². The number of piperazine rings is 1. The molecule has 1 fully saturated rings. The van der Waals surface area contributed by atoms with Gasteiger partial charge >= 0.3 is 0 Å². The quantitative estimate of drug-likeness (QED) is 0.869. The highest BCUT2D eigenvalue weighted by molar-refractivity contribution is 5.43. The van der Waals surface area contributed by atoms with Gasteiger partial charge in [-0.05, 0) is 24.7 Å². The van der Waals surface area contributed by atoms with Crippen LogP contribution in [-0.4, -0.2) is 56.3 Å². The van der Waals surface area contributed by atoms with Gasteiger partial charge in [-0.2, -0.15) is 0 Å². The fourth-order valence-corrected chi connectivity index (χ4v) is 2.37. The number of ether oxygens (including phenoxy) is 2. The van der Waals surface area contributed by atoms with E-state index >= 15 is 0 Å². The SMILES string of the molecule is CN1CCN(NCc2ccc3c(c2)OCCO3)CC1. The van der Waals surface area contributed by atoms with Crippen molar-refractivity contribution >= 4 is 0 Å². The molecule has 1 saturated heterocycles. The molecule has 104 valence electrons. The fourth-order valence-electron chi connectivity index (χ4n) is 2.37. The molecule has 1 aromatic rings. The van der Waals surface area contributed by atoms with E-state index in [9.17, 15) is 0 Å². The summed E-state index contributed by atoms with van der Waals surface area (Å²) in [5.74, 6) is 1.72. The van der Waals surface area contributed by atoms with Gasteiger partial charge in [0.1, 0.15) is 13.2 Å². The third-order valence-electron chi connectivity index (χ3n) is 3.62. The van der Waals surface area contributed by atoms with Crippen LogP contribution in [0.4, 0.5) is 0 Å². The zero-order chi connectivity index (χ0) is 13.1. The largest absolute Gasteiger partial charge is 0.486 e. The van der Waals surface area contributed by atoms with E-state index < -0.39 is 0 Å². The van der Waals surface area contributed by atoms with Gasteiger partial charge in [0.05, 0.1) is 0 Å². The first-order chi connectivity index (χ1) is 9.31. The second kappa shape index (κ2) is 5.77. The molecule has 0 unspecified atom stereocenters. The van der Waals surface area contributed by atoms with E-state index in [1.165, 1.54) is 5.56 Å². The topological polar surface area (TPSA) is 37.0 Å². The minimum Gasteiger partial charge on any atom is -0.486 e. The molecule has 0 saturated carbocycles. The zero-order valence-corrected chi connectivity index (χ0v) is 11.4. The van der Waals surface area contributed by atoms with Gasteiger partial charge in [0.15, 0.2) is 11.5 Å². The number of hydrogen-bond acceptors (Lipinski definition) is 5. The Hall–Kier alpha value is -1.30. The second-order valence-electron chi connectivity index (χ2n) is 5.10. The summed E-state index contributed by atoms with van der Waals surface area (Å²) in [6, 6.07) is 6.16. The first-order valence-electron chi connectivity index (χ1n) is 6.87. The van der Waals surface area contributed by atoms with Gasteiger partial charge in [-0.25, -0.2) is 5.01 Å². The van der Waals surface area contributed by atoms with Gasteiger partial charge in [0.25, 0.3) is 0 Å². The van der Waals surface area contributed by atoms with Gasteiger partial charge in [-0.15, -0.1) is 0 Å². The van der Waals surface area contributed by atoms with E-state index in [0.29, 0.717) is 13.2 Å². The molecule has 0 aromatic heterocycles. The minimum atomic E-state index is 0.641. The molecule has 0 aliphatic carbocycles. The molecule has 1 aromatic carbocycles. The van der Waals surface area contributed by atoms with Crippen LogP contribution in [-0.2, 0) is 6.54 Å². The molecule has 5 nitrogen and oxygen atoms in total. The number of rotatable bonds is 3. The summed E-state index contributed by atoms with van der Waals surface area (Å²) in [7, 11) is 2.16. The monoisotopic (exact) mass is 263 g/mol. The Kier molecular flexibility index (Phi) is 3.87. The first kappa shape index (κ1) is 12.7. The summed E-state index contributed by atoms with van der Waals surface area (Å²) < 4.78 is 11.1. The van der Waals surface area contributed by atoms with Crippen molar-refractivity contribution in [1.82, 2.24) is 15.3 Å². The molecule has 0 amide bonds. The highest BCUT2D eigenvalue weighted by Gasteiger charge is 2.14. The Labute approximate surface area is 114 Å². The third-order valence-corrected chi connectivity index (χ3v) is 3.62. The lowest BCUT2D eigenvalue weighted by Crippen LogP contribution is -2.50. The zero-order valence-electron chi connectivity index (χ0n) is 11.4. The Balaban J connectivity index is 1.55. The summed E-state index contributed by atoms with van der Waals surface area (Å²) in [6.07, 6.45) is 0. The van der Waals surface area contributed by atoms with E-state index in [4.69, 9.17) is 9.47 Å². The number of hydrazine groups is 1. The summed E-state index contributed by atoms with van der Waals surface area (Å²) in [6.45, 7) is 6.50. The van der Waals surface area contributed by atoms with Gasteiger partial charge in [0, 0.05) is 32.7 Å². The summed E-state index contributed by atoms with van der Waals surface area (Å²) >= 11 is 0.